The second-order valence-corrected chi connectivity index (χ2v) is 5.78. The number of hydrogen-bond acceptors (Lipinski definition) is 4. The van der Waals surface area contributed by atoms with Crippen LogP contribution in [0.25, 0.3) is 11.1 Å². The van der Waals surface area contributed by atoms with Crippen molar-refractivity contribution in [2.24, 2.45) is 0 Å². The molecule has 128 valence electrons. The number of ether oxygens (including phenoxy) is 1. The molecule has 0 atom stereocenters. The lowest BCUT2D eigenvalue weighted by molar-refractivity contribution is 0.102. The molecular weight excluding hydrogens is 328 g/mol. The maximum atomic E-state index is 12.6. The molecule has 4 aromatic rings. The summed E-state index contributed by atoms with van der Waals surface area (Å²) < 4.78 is 11.3. The number of fused-ring (bicyclic) bond motifs is 1. The molecule has 0 aliphatic carbocycles. The third kappa shape index (κ3) is 3.28. The number of hydrogen-bond donors (Lipinski definition) is 1. The number of aryl methyl sites for hydroxylation is 1. The fourth-order valence-corrected chi connectivity index (χ4v) is 2.65. The van der Waals surface area contributed by atoms with Gasteiger partial charge in [-0.15, -0.1) is 0 Å². The van der Waals surface area contributed by atoms with Crippen LogP contribution in [0.1, 0.15) is 16.2 Å². The SMILES string of the molecule is Cc1nc2cc(C(=O)Nc3ccccc3Oc3ccccc3)ccc2o1. The van der Waals surface area contributed by atoms with Crippen LogP contribution in [-0.2, 0) is 0 Å². The van der Waals surface area contributed by atoms with Gasteiger partial charge >= 0.3 is 0 Å². The molecule has 5 nitrogen and oxygen atoms in total. The van der Waals surface area contributed by atoms with Crippen LogP contribution in [0.15, 0.2) is 77.2 Å². The molecule has 0 radical (unpaired) electrons. The van der Waals surface area contributed by atoms with Gasteiger partial charge < -0.3 is 14.5 Å². The van der Waals surface area contributed by atoms with Gasteiger partial charge in [-0.25, -0.2) is 4.98 Å². The Labute approximate surface area is 150 Å². The van der Waals surface area contributed by atoms with Crippen molar-refractivity contribution in [1.29, 1.82) is 0 Å². The van der Waals surface area contributed by atoms with Crippen molar-refractivity contribution in [3.8, 4) is 11.5 Å². The Morgan fingerprint density at radius 3 is 2.62 bits per heavy atom. The number of oxazole rings is 1. The van der Waals surface area contributed by atoms with E-state index in [4.69, 9.17) is 9.15 Å². The number of para-hydroxylation sites is 3. The zero-order chi connectivity index (χ0) is 17.9. The van der Waals surface area contributed by atoms with E-state index in [1.165, 1.54) is 0 Å². The van der Waals surface area contributed by atoms with E-state index < -0.39 is 0 Å². The van der Waals surface area contributed by atoms with E-state index in [9.17, 15) is 4.79 Å². The van der Waals surface area contributed by atoms with Gasteiger partial charge in [0, 0.05) is 12.5 Å². The lowest BCUT2D eigenvalue weighted by Gasteiger charge is -2.12. The second-order valence-electron chi connectivity index (χ2n) is 5.78. The van der Waals surface area contributed by atoms with Crippen LogP contribution in [0.2, 0.25) is 0 Å². The molecular formula is C21H16N2O3. The number of rotatable bonds is 4. The van der Waals surface area contributed by atoms with Gasteiger partial charge in [0.2, 0.25) is 0 Å². The minimum Gasteiger partial charge on any atom is -0.455 e. The van der Waals surface area contributed by atoms with Gasteiger partial charge in [-0.1, -0.05) is 30.3 Å². The molecule has 0 saturated carbocycles. The zero-order valence-electron chi connectivity index (χ0n) is 14.1. The molecule has 3 aromatic carbocycles. The van der Waals surface area contributed by atoms with E-state index in [1.54, 1.807) is 31.2 Å². The number of nitrogens with one attached hydrogen (secondary N) is 1. The van der Waals surface area contributed by atoms with Gasteiger partial charge in [0.25, 0.3) is 5.91 Å². The van der Waals surface area contributed by atoms with E-state index in [0.717, 1.165) is 0 Å². The van der Waals surface area contributed by atoms with Gasteiger partial charge in [-0.05, 0) is 42.5 Å². The standard InChI is InChI=1S/C21H16N2O3/c1-14-22-18-13-15(11-12-20(18)25-14)21(24)23-17-9-5-6-10-19(17)26-16-7-3-2-4-8-16/h2-13H,1H3,(H,23,24). The first kappa shape index (κ1) is 15.9. The highest BCUT2D eigenvalue weighted by Crippen LogP contribution is 2.29. The third-order valence-electron chi connectivity index (χ3n) is 3.86. The summed E-state index contributed by atoms with van der Waals surface area (Å²) in [6.45, 7) is 1.77. The Morgan fingerprint density at radius 2 is 1.77 bits per heavy atom. The maximum Gasteiger partial charge on any atom is 0.255 e. The monoisotopic (exact) mass is 344 g/mol. The Morgan fingerprint density at radius 1 is 1.00 bits per heavy atom. The lowest BCUT2D eigenvalue weighted by Crippen LogP contribution is -2.12. The summed E-state index contributed by atoms with van der Waals surface area (Å²) >= 11 is 0. The van der Waals surface area contributed by atoms with Crippen LogP contribution in [0.3, 0.4) is 0 Å². The van der Waals surface area contributed by atoms with Crippen LogP contribution in [0.5, 0.6) is 11.5 Å². The van der Waals surface area contributed by atoms with Gasteiger partial charge in [0.05, 0.1) is 5.69 Å². The molecule has 1 heterocycles. The second kappa shape index (κ2) is 6.72. The first-order valence-corrected chi connectivity index (χ1v) is 8.19. The molecule has 0 bridgehead atoms. The first-order valence-electron chi connectivity index (χ1n) is 8.19. The topological polar surface area (TPSA) is 64.4 Å². The summed E-state index contributed by atoms with van der Waals surface area (Å²) in [7, 11) is 0. The lowest BCUT2D eigenvalue weighted by atomic mass is 10.2. The predicted octanol–water partition coefficient (Wildman–Crippen LogP) is 5.18. The molecule has 1 amide bonds. The van der Waals surface area contributed by atoms with E-state index in [-0.39, 0.29) is 5.91 Å². The summed E-state index contributed by atoms with van der Waals surface area (Å²) in [4.78, 5) is 16.9. The summed E-state index contributed by atoms with van der Waals surface area (Å²) in [6.07, 6.45) is 0. The number of nitrogens with zero attached hydrogens (tertiary/aromatic N) is 1. The van der Waals surface area contributed by atoms with Crippen molar-refractivity contribution in [3.63, 3.8) is 0 Å². The molecule has 26 heavy (non-hydrogen) atoms. The van der Waals surface area contributed by atoms with Gasteiger partial charge in [-0.2, -0.15) is 0 Å². The molecule has 0 aliphatic heterocycles. The molecule has 1 N–H and O–H groups in total. The van der Waals surface area contributed by atoms with Crippen molar-refractivity contribution in [2.75, 3.05) is 5.32 Å². The molecule has 0 aliphatic rings. The Hall–Kier alpha value is -3.60. The normalized spacial score (nSPS) is 10.7. The number of carbonyl (C=O) groups is 1. The van der Waals surface area contributed by atoms with E-state index in [2.05, 4.69) is 10.3 Å². The van der Waals surface area contributed by atoms with Crippen molar-refractivity contribution < 1.29 is 13.9 Å². The van der Waals surface area contributed by atoms with Gasteiger partial charge in [-0.3, -0.25) is 4.79 Å². The largest absolute Gasteiger partial charge is 0.455 e. The van der Waals surface area contributed by atoms with E-state index in [0.29, 0.717) is 39.7 Å². The summed E-state index contributed by atoms with van der Waals surface area (Å²) in [5.41, 5.74) is 2.41. The number of aromatic nitrogens is 1. The number of carbonyl (C=O) groups excluding carboxylic acids is 1. The molecule has 0 spiro atoms. The molecule has 0 saturated heterocycles. The van der Waals surface area contributed by atoms with Crippen molar-refractivity contribution in [3.05, 3.63) is 84.3 Å². The quantitative estimate of drug-likeness (QED) is 0.554. The number of benzene rings is 3. The third-order valence-corrected chi connectivity index (χ3v) is 3.86. The zero-order valence-corrected chi connectivity index (χ0v) is 14.1. The average molecular weight is 344 g/mol. The number of amides is 1. The summed E-state index contributed by atoms with van der Waals surface area (Å²) in [5, 5.41) is 2.90. The molecule has 0 unspecified atom stereocenters. The maximum absolute atomic E-state index is 12.6. The van der Waals surface area contributed by atoms with Crippen molar-refractivity contribution in [1.82, 2.24) is 4.98 Å². The molecule has 4 rings (SSSR count). The Kier molecular flexibility index (Phi) is 4.11. The molecule has 5 heteroatoms. The van der Waals surface area contributed by atoms with Crippen molar-refractivity contribution in [2.45, 2.75) is 6.92 Å². The summed E-state index contributed by atoms with van der Waals surface area (Å²) in [5.74, 6) is 1.61. The van der Waals surface area contributed by atoms with Gasteiger partial charge in [0.1, 0.15) is 11.3 Å². The van der Waals surface area contributed by atoms with Gasteiger partial charge in [0.15, 0.2) is 17.2 Å². The van der Waals surface area contributed by atoms with Crippen LogP contribution in [0.4, 0.5) is 5.69 Å². The van der Waals surface area contributed by atoms with Crippen LogP contribution >= 0.6 is 0 Å². The minimum atomic E-state index is -0.239. The van der Waals surface area contributed by atoms with E-state index >= 15 is 0 Å². The van der Waals surface area contributed by atoms with Crippen LogP contribution in [0, 0.1) is 6.92 Å². The van der Waals surface area contributed by atoms with Crippen molar-refractivity contribution >= 4 is 22.7 Å². The fourth-order valence-electron chi connectivity index (χ4n) is 2.65. The van der Waals surface area contributed by atoms with Crippen LogP contribution in [-0.4, -0.2) is 10.9 Å². The van der Waals surface area contributed by atoms with E-state index in [1.807, 2.05) is 48.5 Å². The molecule has 1 aromatic heterocycles. The van der Waals surface area contributed by atoms with Crippen LogP contribution < -0.4 is 10.1 Å². The smallest absolute Gasteiger partial charge is 0.255 e. The predicted molar refractivity (Wildman–Crippen MR) is 99.7 cm³/mol. The minimum absolute atomic E-state index is 0.239. The Balaban J connectivity index is 1.59. The highest BCUT2D eigenvalue weighted by molar-refractivity contribution is 6.06. The number of anilines is 1. The first-order chi connectivity index (χ1) is 12.7. The summed E-state index contributed by atoms with van der Waals surface area (Å²) in [6, 6.07) is 21.9. The highest BCUT2D eigenvalue weighted by atomic mass is 16.5. The fraction of sp³-hybridized carbons (Fsp3) is 0.0476. The highest BCUT2D eigenvalue weighted by Gasteiger charge is 2.12. The molecule has 0 fully saturated rings. The average Bonchev–Trinajstić information content (AvgIpc) is 3.03. The Bertz CT molecular complexity index is 1070.